The van der Waals surface area contributed by atoms with E-state index in [1.165, 1.54) is 12.4 Å². The SMILES string of the molecule is CCC(CNC(=O)c1ccc(-n2ccnc2)c([N+](=O)[O-])c1)c1ccccc1. The second-order valence-electron chi connectivity index (χ2n) is 6.16. The molecule has 1 unspecified atom stereocenters. The van der Waals surface area contributed by atoms with Gasteiger partial charge in [0.25, 0.3) is 11.6 Å². The van der Waals surface area contributed by atoms with E-state index in [4.69, 9.17) is 0 Å². The Kier molecular flexibility index (Phi) is 5.61. The van der Waals surface area contributed by atoms with E-state index in [0.717, 1.165) is 12.0 Å². The number of carbonyl (C=O) groups is 1. The second-order valence-corrected chi connectivity index (χ2v) is 6.16. The lowest BCUT2D eigenvalue weighted by Gasteiger charge is -2.16. The largest absolute Gasteiger partial charge is 0.351 e. The average Bonchev–Trinajstić information content (AvgIpc) is 3.23. The average molecular weight is 364 g/mol. The summed E-state index contributed by atoms with van der Waals surface area (Å²) < 4.78 is 1.54. The molecule has 0 aliphatic rings. The fourth-order valence-corrected chi connectivity index (χ4v) is 2.97. The lowest BCUT2D eigenvalue weighted by atomic mass is 9.96. The number of hydrogen-bond acceptors (Lipinski definition) is 4. The first-order chi connectivity index (χ1) is 13.1. The minimum absolute atomic E-state index is 0.143. The monoisotopic (exact) mass is 364 g/mol. The third-order valence-corrected chi connectivity index (χ3v) is 4.49. The van der Waals surface area contributed by atoms with E-state index in [-0.39, 0.29) is 23.1 Å². The summed E-state index contributed by atoms with van der Waals surface area (Å²) >= 11 is 0. The van der Waals surface area contributed by atoms with E-state index in [0.29, 0.717) is 12.2 Å². The predicted octanol–water partition coefficient (Wildman–Crippen LogP) is 3.70. The fraction of sp³-hybridized carbons (Fsp3) is 0.200. The van der Waals surface area contributed by atoms with Crippen LogP contribution in [0.3, 0.4) is 0 Å². The van der Waals surface area contributed by atoms with Gasteiger partial charge < -0.3 is 9.88 Å². The lowest BCUT2D eigenvalue weighted by molar-refractivity contribution is -0.384. The highest BCUT2D eigenvalue weighted by molar-refractivity contribution is 5.95. The lowest BCUT2D eigenvalue weighted by Crippen LogP contribution is -2.28. The van der Waals surface area contributed by atoms with Crippen LogP contribution < -0.4 is 5.32 Å². The third-order valence-electron chi connectivity index (χ3n) is 4.49. The highest BCUT2D eigenvalue weighted by Crippen LogP contribution is 2.24. The molecule has 0 aliphatic carbocycles. The molecule has 1 amide bonds. The van der Waals surface area contributed by atoms with Crippen molar-refractivity contribution in [3.63, 3.8) is 0 Å². The molecule has 27 heavy (non-hydrogen) atoms. The number of carbonyl (C=O) groups excluding carboxylic acids is 1. The van der Waals surface area contributed by atoms with Crippen LogP contribution in [0, 0.1) is 10.1 Å². The van der Waals surface area contributed by atoms with Crippen molar-refractivity contribution in [1.29, 1.82) is 0 Å². The second kappa shape index (κ2) is 8.27. The van der Waals surface area contributed by atoms with Gasteiger partial charge in [-0.3, -0.25) is 14.9 Å². The first-order valence-electron chi connectivity index (χ1n) is 8.70. The van der Waals surface area contributed by atoms with Crippen LogP contribution in [0.5, 0.6) is 0 Å². The summed E-state index contributed by atoms with van der Waals surface area (Å²) in [5.41, 5.74) is 1.63. The molecule has 0 bridgehead atoms. The summed E-state index contributed by atoms with van der Waals surface area (Å²) in [5, 5.41) is 14.3. The first-order valence-corrected chi connectivity index (χ1v) is 8.70. The number of amides is 1. The van der Waals surface area contributed by atoms with Gasteiger partial charge in [0.1, 0.15) is 5.69 Å². The van der Waals surface area contributed by atoms with Crippen LogP contribution in [-0.2, 0) is 0 Å². The Morgan fingerprint density at radius 1 is 1.26 bits per heavy atom. The molecule has 0 radical (unpaired) electrons. The minimum Gasteiger partial charge on any atom is -0.351 e. The fourth-order valence-electron chi connectivity index (χ4n) is 2.97. The van der Waals surface area contributed by atoms with Gasteiger partial charge in [0.2, 0.25) is 0 Å². The Balaban J connectivity index is 1.77. The number of nitro groups is 1. The van der Waals surface area contributed by atoms with E-state index < -0.39 is 4.92 Å². The van der Waals surface area contributed by atoms with Crippen molar-refractivity contribution in [1.82, 2.24) is 14.9 Å². The highest BCUT2D eigenvalue weighted by atomic mass is 16.6. The number of aromatic nitrogens is 2. The molecule has 0 spiro atoms. The van der Waals surface area contributed by atoms with Crippen LogP contribution in [0.4, 0.5) is 5.69 Å². The van der Waals surface area contributed by atoms with Gasteiger partial charge in [0, 0.05) is 36.5 Å². The van der Waals surface area contributed by atoms with Crippen molar-refractivity contribution in [2.75, 3.05) is 6.54 Å². The van der Waals surface area contributed by atoms with Crippen LogP contribution in [-0.4, -0.2) is 26.9 Å². The van der Waals surface area contributed by atoms with Crippen molar-refractivity contribution in [2.24, 2.45) is 0 Å². The smallest absolute Gasteiger partial charge is 0.294 e. The molecule has 3 aromatic rings. The van der Waals surface area contributed by atoms with Gasteiger partial charge in [0.05, 0.1) is 11.3 Å². The maximum atomic E-state index is 12.5. The Hall–Kier alpha value is -3.48. The number of rotatable bonds is 7. The van der Waals surface area contributed by atoms with Crippen molar-refractivity contribution < 1.29 is 9.72 Å². The predicted molar refractivity (Wildman–Crippen MR) is 102 cm³/mol. The van der Waals surface area contributed by atoms with E-state index in [1.54, 1.807) is 29.1 Å². The van der Waals surface area contributed by atoms with E-state index in [9.17, 15) is 14.9 Å². The van der Waals surface area contributed by atoms with E-state index in [1.807, 2.05) is 30.3 Å². The molecule has 7 heteroatoms. The van der Waals surface area contributed by atoms with Crippen LogP contribution >= 0.6 is 0 Å². The van der Waals surface area contributed by atoms with Gasteiger partial charge in [-0.2, -0.15) is 0 Å². The van der Waals surface area contributed by atoms with Gasteiger partial charge in [0.15, 0.2) is 0 Å². The number of nitrogens with one attached hydrogen (secondary N) is 1. The quantitative estimate of drug-likeness (QED) is 0.511. The summed E-state index contributed by atoms with van der Waals surface area (Å²) in [6.07, 6.45) is 5.52. The van der Waals surface area contributed by atoms with Gasteiger partial charge in [-0.25, -0.2) is 4.98 Å². The van der Waals surface area contributed by atoms with E-state index in [2.05, 4.69) is 17.2 Å². The topological polar surface area (TPSA) is 90.1 Å². The zero-order valence-electron chi connectivity index (χ0n) is 14.9. The summed E-state index contributed by atoms with van der Waals surface area (Å²) in [7, 11) is 0. The minimum atomic E-state index is -0.495. The Labute approximate surface area is 156 Å². The standard InChI is InChI=1S/C20H20N4O3/c1-2-15(16-6-4-3-5-7-16)13-22-20(25)17-8-9-18(19(12-17)24(26)27)23-11-10-21-14-23/h3-12,14-15H,2,13H2,1H3,(H,22,25). The Morgan fingerprint density at radius 3 is 2.67 bits per heavy atom. The third kappa shape index (κ3) is 4.20. The maximum Gasteiger partial charge on any atom is 0.294 e. The molecule has 0 saturated heterocycles. The summed E-state index contributed by atoms with van der Waals surface area (Å²) in [6, 6.07) is 14.4. The molecule has 2 aromatic carbocycles. The molecule has 3 rings (SSSR count). The van der Waals surface area contributed by atoms with Gasteiger partial charge in [-0.05, 0) is 24.1 Å². The van der Waals surface area contributed by atoms with Crippen LogP contribution in [0.15, 0.2) is 67.3 Å². The number of imidazole rings is 1. The zero-order valence-corrected chi connectivity index (χ0v) is 14.9. The molecule has 138 valence electrons. The molecule has 0 fully saturated rings. The van der Waals surface area contributed by atoms with Crippen LogP contribution in [0.2, 0.25) is 0 Å². The van der Waals surface area contributed by atoms with Gasteiger partial charge >= 0.3 is 0 Å². The molecule has 7 nitrogen and oxygen atoms in total. The summed E-state index contributed by atoms with van der Waals surface area (Å²) in [4.78, 5) is 27.4. The van der Waals surface area contributed by atoms with Crippen molar-refractivity contribution >= 4 is 11.6 Å². The highest BCUT2D eigenvalue weighted by Gasteiger charge is 2.19. The van der Waals surface area contributed by atoms with Crippen LogP contribution in [0.25, 0.3) is 5.69 Å². The first kappa shape index (κ1) is 18.3. The maximum absolute atomic E-state index is 12.5. The molecule has 1 N–H and O–H groups in total. The molecular weight excluding hydrogens is 344 g/mol. The summed E-state index contributed by atoms with van der Waals surface area (Å²) in [5.74, 6) is -0.139. The Morgan fingerprint density at radius 2 is 2.04 bits per heavy atom. The molecular formula is C20H20N4O3. The number of hydrogen-bond donors (Lipinski definition) is 1. The van der Waals surface area contributed by atoms with Crippen molar-refractivity contribution in [3.8, 4) is 5.69 Å². The van der Waals surface area contributed by atoms with Crippen molar-refractivity contribution in [2.45, 2.75) is 19.3 Å². The summed E-state index contributed by atoms with van der Waals surface area (Å²) in [6.45, 7) is 2.53. The normalized spacial score (nSPS) is 11.7. The van der Waals surface area contributed by atoms with Gasteiger partial charge in [-0.1, -0.05) is 37.3 Å². The zero-order chi connectivity index (χ0) is 19.2. The molecule has 1 aromatic heterocycles. The molecule has 1 atom stereocenters. The number of nitro benzene ring substituents is 1. The molecule has 1 heterocycles. The molecule has 0 aliphatic heterocycles. The van der Waals surface area contributed by atoms with Gasteiger partial charge in [-0.15, -0.1) is 0 Å². The number of nitrogens with zero attached hydrogens (tertiary/aromatic N) is 3. The number of benzene rings is 2. The van der Waals surface area contributed by atoms with E-state index >= 15 is 0 Å². The van der Waals surface area contributed by atoms with Crippen molar-refractivity contribution in [3.05, 3.63) is 88.5 Å². The molecule has 0 saturated carbocycles. The van der Waals surface area contributed by atoms with Crippen LogP contribution in [0.1, 0.15) is 35.2 Å². The Bertz CT molecular complexity index is 924.